The van der Waals surface area contributed by atoms with Crippen LogP contribution in [0.4, 0.5) is 0 Å². The van der Waals surface area contributed by atoms with Gasteiger partial charge in [0.1, 0.15) is 23.7 Å². The Morgan fingerprint density at radius 3 is 1.90 bits per heavy atom. The summed E-state index contributed by atoms with van der Waals surface area (Å²) in [6, 6.07) is 10.9. The third-order valence-corrected chi connectivity index (χ3v) is 4.87. The van der Waals surface area contributed by atoms with Crippen LogP contribution in [0.25, 0.3) is 0 Å². The monoisotopic (exact) mass is 398 g/mol. The van der Waals surface area contributed by atoms with Gasteiger partial charge in [-0.1, -0.05) is 6.07 Å². The van der Waals surface area contributed by atoms with Crippen LogP contribution in [-0.4, -0.2) is 24.1 Å². The van der Waals surface area contributed by atoms with Crippen LogP contribution in [0, 0.1) is 13.8 Å². The maximum Gasteiger partial charge on any atom is 0.308 e. The van der Waals surface area contributed by atoms with Gasteiger partial charge in [0, 0.05) is 19.9 Å². The van der Waals surface area contributed by atoms with Crippen molar-refractivity contribution in [2.45, 2.75) is 59.2 Å². The molecule has 6 heteroatoms. The van der Waals surface area contributed by atoms with E-state index in [-0.39, 0.29) is 23.7 Å². The standard InChI is InChI=1S/C23H26O6/c1-14-8-9-18(12-15(14)2)28-20-6-5-7-21(20)29-19-10-11-22(26-16(3)24)23(13-19)27-17(4)25/h8-13,20-21H,5-7H2,1-4H3/t20-,21-/m1/s1. The molecule has 0 radical (unpaired) electrons. The summed E-state index contributed by atoms with van der Waals surface area (Å²) in [5, 5.41) is 0. The average Bonchev–Trinajstić information content (AvgIpc) is 3.06. The van der Waals surface area contributed by atoms with Gasteiger partial charge in [-0.15, -0.1) is 0 Å². The third-order valence-electron chi connectivity index (χ3n) is 4.87. The second-order valence-corrected chi connectivity index (χ2v) is 7.29. The Hall–Kier alpha value is -3.02. The second-order valence-electron chi connectivity index (χ2n) is 7.29. The highest BCUT2D eigenvalue weighted by Crippen LogP contribution is 2.35. The van der Waals surface area contributed by atoms with Gasteiger partial charge >= 0.3 is 11.9 Å². The topological polar surface area (TPSA) is 71.1 Å². The summed E-state index contributed by atoms with van der Waals surface area (Å²) in [7, 11) is 0. The molecule has 0 unspecified atom stereocenters. The van der Waals surface area contributed by atoms with E-state index in [1.807, 2.05) is 12.1 Å². The summed E-state index contributed by atoms with van der Waals surface area (Å²) in [4.78, 5) is 22.7. The molecule has 2 aromatic rings. The molecule has 1 aliphatic carbocycles. The van der Waals surface area contributed by atoms with Crippen molar-refractivity contribution < 1.29 is 28.5 Å². The Kier molecular flexibility index (Phi) is 6.42. The average molecular weight is 398 g/mol. The van der Waals surface area contributed by atoms with Gasteiger partial charge in [0.05, 0.1) is 0 Å². The van der Waals surface area contributed by atoms with Crippen LogP contribution in [0.3, 0.4) is 0 Å². The van der Waals surface area contributed by atoms with Crippen LogP contribution in [0.5, 0.6) is 23.0 Å². The normalized spacial score (nSPS) is 18.2. The van der Waals surface area contributed by atoms with E-state index in [0.29, 0.717) is 5.75 Å². The number of rotatable bonds is 6. The fourth-order valence-corrected chi connectivity index (χ4v) is 3.33. The van der Waals surface area contributed by atoms with Crippen molar-refractivity contribution in [1.82, 2.24) is 0 Å². The SMILES string of the molecule is CC(=O)Oc1ccc(O[C@@H]2CCC[C@H]2Oc2ccc(C)c(C)c2)cc1OC(C)=O. The number of ether oxygens (including phenoxy) is 4. The van der Waals surface area contributed by atoms with Crippen molar-refractivity contribution in [2.75, 3.05) is 0 Å². The molecule has 0 bridgehead atoms. The number of benzene rings is 2. The molecule has 1 fully saturated rings. The van der Waals surface area contributed by atoms with Crippen LogP contribution in [0.2, 0.25) is 0 Å². The molecule has 0 N–H and O–H groups in total. The van der Waals surface area contributed by atoms with Crippen LogP contribution < -0.4 is 18.9 Å². The predicted molar refractivity (Wildman–Crippen MR) is 108 cm³/mol. The lowest BCUT2D eigenvalue weighted by molar-refractivity contribution is -0.134. The Morgan fingerprint density at radius 1 is 0.759 bits per heavy atom. The predicted octanol–water partition coefficient (Wildman–Crippen LogP) is 4.53. The number of aryl methyl sites for hydroxylation is 2. The molecular formula is C23H26O6. The second kappa shape index (κ2) is 8.99. The first-order valence-corrected chi connectivity index (χ1v) is 9.73. The molecular weight excluding hydrogens is 372 g/mol. The smallest absolute Gasteiger partial charge is 0.308 e. The van der Waals surface area contributed by atoms with Crippen LogP contribution in [0.15, 0.2) is 36.4 Å². The van der Waals surface area contributed by atoms with Crippen molar-refractivity contribution in [3.8, 4) is 23.0 Å². The van der Waals surface area contributed by atoms with Gasteiger partial charge < -0.3 is 18.9 Å². The summed E-state index contributed by atoms with van der Waals surface area (Å²) >= 11 is 0. The molecule has 6 nitrogen and oxygen atoms in total. The number of carbonyl (C=O) groups is 2. The highest BCUT2D eigenvalue weighted by molar-refractivity contribution is 5.74. The molecule has 1 saturated carbocycles. The minimum atomic E-state index is -0.507. The molecule has 0 aromatic heterocycles. The van der Waals surface area contributed by atoms with Gasteiger partial charge in [-0.3, -0.25) is 9.59 Å². The zero-order chi connectivity index (χ0) is 21.0. The largest absolute Gasteiger partial charge is 0.487 e. The molecule has 0 amide bonds. The number of esters is 2. The quantitative estimate of drug-likeness (QED) is 0.526. The van der Waals surface area contributed by atoms with Crippen LogP contribution >= 0.6 is 0 Å². The van der Waals surface area contributed by atoms with E-state index in [2.05, 4.69) is 19.9 Å². The first kappa shape index (κ1) is 20.7. The van der Waals surface area contributed by atoms with E-state index >= 15 is 0 Å². The first-order valence-electron chi connectivity index (χ1n) is 9.73. The highest BCUT2D eigenvalue weighted by Gasteiger charge is 2.31. The first-order chi connectivity index (χ1) is 13.8. The zero-order valence-corrected chi connectivity index (χ0v) is 17.2. The molecule has 3 rings (SSSR count). The lowest BCUT2D eigenvalue weighted by Crippen LogP contribution is -2.31. The van der Waals surface area contributed by atoms with Gasteiger partial charge in [-0.2, -0.15) is 0 Å². The summed E-state index contributed by atoms with van der Waals surface area (Å²) in [6.45, 7) is 6.71. The lowest BCUT2D eigenvalue weighted by Gasteiger charge is -2.23. The van der Waals surface area contributed by atoms with Gasteiger partial charge in [-0.05, 0) is 68.5 Å². The van der Waals surface area contributed by atoms with Gasteiger partial charge in [-0.25, -0.2) is 0 Å². The van der Waals surface area contributed by atoms with Gasteiger partial charge in [0.25, 0.3) is 0 Å². The van der Waals surface area contributed by atoms with E-state index < -0.39 is 11.9 Å². The molecule has 1 aliphatic rings. The van der Waals surface area contributed by atoms with Crippen LogP contribution in [-0.2, 0) is 9.59 Å². The molecule has 29 heavy (non-hydrogen) atoms. The fourth-order valence-electron chi connectivity index (χ4n) is 3.33. The van der Waals surface area contributed by atoms with Crippen molar-refractivity contribution >= 4 is 11.9 Å². The molecule has 0 saturated heterocycles. The Bertz CT molecular complexity index is 904. The lowest BCUT2D eigenvalue weighted by atomic mass is 10.1. The van der Waals surface area contributed by atoms with Crippen molar-refractivity contribution in [1.29, 1.82) is 0 Å². The summed E-state index contributed by atoms with van der Waals surface area (Å²) in [5.41, 5.74) is 2.41. The Labute approximate surface area is 170 Å². The fraction of sp³-hybridized carbons (Fsp3) is 0.391. The molecule has 2 atom stereocenters. The minimum Gasteiger partial charge on any atom is -0.487 e. The maximum absolute atomic E-state index is 11.4. The molecule has 0 heterocycles. The van der Waals surface area contributed by atoms with Crippen molar-refractivity contribution in [3.05, 3.63) is 47.5 Å². The zero-order valence-electron chi connectivity index (χ0n) is 17.2. The van der Waals surface area contributed by atoms with E-state index in [9.17, 15) is 9.59 Å². The molecule has 2 aromatic carbocycles. The van der Waals surface area contributed by atoms with Gasteiger partial charge in [0.15, 0.2) is 11.5 Å². The van der Waals surface area contributed by atoms with Crippen molar-refractivity contribution in [3.63, 3.8) is 0 Å². The molecule has 0 spiro atoms. The summed E-state index contributed by atoms with van der Waals surface area (Å²) < 4.78 is 22.6. The van der Waals surface area contributed by atoms with E-state index in [1.54, 1.807) is 18.2 Å². The van der Waals surface area contributed by atoms with E-state index in [4.69, 9.17) is 18.9 Å². The van der Waals surface area contributed by atoms with E-state index in [1.165, 1.54) is 25.0 Å². The number of hydrogen-bond donors (Lipinski definition) is 0. The highest BCUT2D eigenvalue weighted by atomic mass is 16.6. The number of carbonyl (C=O) groups excluding carboxylic acids is 2. The van der Waals surface area contributed by atoms with Crippen molar-refractivity contribution in [2.24, 2.45) is 0 Å². The summed E-state index contributed by atoms with van der Waals surface area (Å²) in [5.74, 6) is 0.679. The Balaban J connectivity index is 1.74. The Morgan fingerprint density at radius 2 is 1.31 bits per heavy atom. The number of hydrogen-bond acceptors (Lipinski definition) is 6. The summed E-state index contributed by atoms with van der Waals surface area (Å²) in [6.07, 6.45) is 2.58. The van der Waals surface area contributed by atoms with Crippen LogP contribution in [0.1, 0.15) is 44.2 Å². The third kappa shape index (κ3) is 5.50. The molecule has 0 aliphatic heterocycles. The van der Waals surface area contributed by atoms with Gasteiger partial charge in [0.2, 0.25) is 0 Å². The maximum atomic E-state index is 11.4. The molecule has 154 valence electrons. The minimum absolute atomic E-state index is 0.0672. The van der Waals surface area contributed by atoms with E-state index in [0.717, 1.165) is 25.0 Å².